The van der Waals surface area contributed by atoms with Gasteiger partial charge in [0.15, 0.2) is 0 Å². The van der Waals surface area contributed by atoms with Crippen molar-refractivity contribution < 1.29 is 18.7 Å². The molecule has 0 spiro atoms. The summed E-state index contributed by atoms with van der Waals surface area (Å²) in [5.74, 6) is -2.25. The molecule has 0 amide bonds. The highest BCUT2D eigenvalue weighted by Gasteiger charge is 2.04. The molecule has 0 fully saturated rings. The van der Waals surface area contributed by atoms with Gasteiger partial charge in [0.05, 0.1) is 34.6 Å². The number of nitrogens with one attached hydrogen (secondary N) is 1. The Morgan fingerprint density at radius 2 is 1.62 bits per heavy atom. The number of benzene rings is 2. The molecule has 0 aromatic heterocycles. The second-order valence-corrected chi connectivity index (χ2v) is 4.40. The van der Waals surface area contributed by atoms with Gasteiger partial charge >= 0.3 is 5.97 Å². The van der Waals surface area contributed by atoms with Crippen molar-refractivity contribution in [3.8, 4) is 12.1 Å². The van der Waals surface area contributed by atoms with Crippen LogP contribution in [0.15, 0.2) is 36.4 Å². The monoisotopic (exact) mass is 330 g/mol. The smallest absolute Gasteiger partial charge is 0.322 e. The van der Waals surface area contributed by atoms with Crippen LogP contribution in [0.4, 0.5) is 20.2 Å². The maximum atomic E-state index is 13.1. The quantitative estimate of drug-likeness (QED) is 0.743. The third-order valence-electron chi connectivity index (χ3n) is 2.66. The lowest BCUT2D eigenvalue weighted by Crippen LogP contribution is -2.13. The minimum Gasteiger partial charge on any atom is -0.480 e. The Kier molecular flexibility index (Phi) is 6.68. The van der Waals surface area contributed by atoms with Crippen molar-refractivity contribution in [1.82, 2.24) is 0 Å². The first-order chi connectivity index (χ1) is 11.4. The Morgan fingerprint density at radius 1 is 1.08 bits per heavy atom. The van der Waals surface area contributed by atoms with E-state index in [9.17, 15) is 13.6 Å². The Morgan fingerprint density at radius 3 is 2.08 bits per heavy atom. The van der Waals surface area contributed by atoms with E-state index in [1.165, 1.54) is 24.3 Å². The molecule has 0 saturated carbocycles. The van der Waals surface area contributed by atoms with Crippen LogP contribution in [0.5, 0.6) is 0 Å². The number of rotatable bonds is 3. The standard InChI is InChI=1S/C9H7FN2O2.C7H5FN2/c10-7-3-6(4-11)1-2-8(7)12-5-9(13)14;8-6-3-5(4-9)1-2-7(6)10/h1-3,12H,5H2,(H,13,14);1-3H,10H2. The molecule has 0 aliphatic heterocycles. The average Bonchev–Trinajstić information content (AvgIpc) is 2.56. The molecular formula is C16H12F2N4O2. The molecule has 0 bridgehead atoms. The van der Waals surface area contributed by atoms with Crippen LogP contribution < -0.4 is 11.1 Å². The van der Waals surface area contributed by atoms with E-state index in [-0.39, 0.29) is 29.0 Å². The van der Waals surface area contributed by atoms with Gasteiger partial charge < -0.3 is 16.2 Å². The van der Waals surface area contributed by atoms with Gasteiger partial charge in [-0.1, -0.05) is 0 Å². The zero-order valence-corrected chi connectivity index (χ0v) is 12.3. The number of hydrogen-bond acceptors (Lipinski definition) is 5. The number of carbonyl (C=O) groups is 1. The van der Waals surface area contributed by atoms with Gasteiger partial charge in [-0.2, -0.15) is 10.5 Å². The van der Waals surface area contributed by atoms with Gasteiger partial charge in [0.25, 0.3) is 0 Å². The van der Waals surface area contributed by atoms with Crippen molar-refractivity contribution in [3.05, 3.63) is 59.2 Å². The molecule has 0 aliphatic rings. The number of nitrogens with two attached hydrogens (primary N) is 1. The maximum absolute atomic E-state index is 13.1. The number of carboxylic acid groups (broad SMARTS) is 1. The Bertz CT molecular complexity index is 826. The van der Waals surface area contributed by atoms with Crippen LogP contribution in [-0.2, 0) is 4.79 Å². The molecule has 2 rings (SSSR count). The van der Waals surface area contributed by atoms with Crippen molar-refractivity contribution in [2.45, 2.75) is 0 Å². The minimum absolute atomic E-state index is 0.0685. The predicted molar refractivity (Wildman–Crippen MR) is 82.8 cm³/mol. The van der Waals surface area contributed by atoms with Crippen LogP contribution in [-0.4, -0.2) is 17.6 Å². The average molecular weight is 330 g/mol. The maximum Gasteiger partial charge on any atom is 0.322 e. The Labute approximate surface area is 136 Å². The lowest BCUT2D eigenvalue weighted by molar-refractivity contribution is -0.134. The van der Waals surface area contributed by atoms with Crippen molar-refractivity contribution in [2.75, 3.05) is 17.6 Å². The molecule has 0 heterocycles. The third kappa shape index (κ3) is 5.62. The number of nitrogens with zero attached hydrogens (tertiary/aromatic N) is 2. The molecule has 8 heteroatoms. The first kappa shape index (κ1) is 18.4. The van der Waals surface area contributed by atoms with E-state index in [1.807, 2.05) is 0 Å². The van der Waals surface area contributed by atoms with E-state index >= 15 is 0 Å². The molecular weight excluding hydrogens is 318 g/mol. The zero-order chi connectivity index (χ0) is 18.1. The largest absolute Gasteiger partial charge is 0.480 e. The number of nitrogen functional groups attached to an aromatic ring is 1. The SMILES string of the molecule is N#Cc1ccc(N)c(F)c1.N#Cc1ccc(NCC(=O)O)c(F)c1. The van der Waals surface area contributed by atoms with Crippen LogP contribution in [0, 0.1) is 34.3 Å². The number of carboxylic acids is 1. The molecule has 2 aromatic rings. The molecule has 6 nitrogen and oxygen atoms in total. The lowest BCUT2D eigenvalue weighted by Gasteiger charge is -2.04. The molecule has 0 unspecified atom stereocenters. The molecule has 0 atom stereocenters. The van der Waals surface area contributed by atoms with E-state index in [2.05, 4.69) is 5.32 Å². The predicted octanol–water partition coefficient (Wildman–Crippen LogP) is 2.47. The number of aliphatic carboxylic acids is 1. The van der Waals surface area contributed by atoms with Gasteiger partial charge in [-0.25, -0.2) is 8.78 Å². The molecule has 0 radical (unpaired) electrons. The van der Waals surface area contributed by atoms with E-state index in [4.69, 9.17) is 21.4 Å². The summed E-state index contributed by atoms with van der Waals surface area (Å²) < 4.78 is 25.6. The van der Waals surface area contributed by atoms with E-state index in [1.54, 1.807) is 12.1 Å². The highest BCUT2D eigenvalue weighted by molar-refractivity contribution is 5.72. The summed E-state index contributed by atoms with van der Waals surface area (Å²) in [5, 5.41) is 27.4. The van der Waals surface area contributed by atoms with Gasteiger partial charge in [0, 0.05) is 0 Å². The summed E-state index contributed by atoms with van der Waals surface area (Å²) in [6, 6.07) is 11.3. The topological polar surface area (TPSA) is 123 Å². The van der Waals surface area contributed by atoms with Crippen LogP contribution in [0.1, 0.15) is 11.1 Å². The molecule has 4 N–H and O–H groups in total. The zero-order valence-electron chi connectivity index (χ0n) is 12.3. The van der Waals surface area contributed by atoms with Crippen LogP contribution >= 0.6 is 0 Å². The summed E-state index contributed by atoms with van der Waals surface area (Å²) in [7, 11) is 0. The molecule has 122 valence electrons. The van der Waals surface area contributed by atoms with Crippen molar-refractivity contribution in [1.29, 1.82) is 10.5 Å². The fourth-order valence-corrected chi connectivity index (χ4v) is 1.50. The number of hydrogen-bond donors (Lipinski definition) is 3. The first-order valence-electron chi connectivity index (χ1n) is 6.47. The Hall–Kier alpha value is -3.65. The van der Waals surface area contributed by atoms with Gasteiger partial charge in [-0.05, 0) is 36.4 Å². The van der Waals surface area contributed by atoms with Crippen LogP contribution in [0.25, 0.3) is 0 Å². The first-order valence-corrected chi connectivity index (χ1v) is 6.47. The number of halogens is 2. The van der Waals surface area contributed by atoms with Crippen molar-refractivity contribution in [3.63, 3.8) is 0 Å². The van der Waals surface area contributed by atoms with Gasteiger partial charge in [0.2, 0.25) is 0 Å². The summed E-state index contributed by atoms with van der Waals surface area (Å²) in [4.78, 5) is 10.2. The summed E-state index contributed by atoms with van der Waals surface area (Å²) in [5.41, 5.74) is 5.78. The molecule has 2 aromatic carbocycles. The highest BCUT2D eigenvalue weighted by Crippen LogP contribution is 2.14. The van der Waals surface area contributed by atoms with Gasteiger partial charge in [0.1, 0.15) is 18.2 Å². The van der Waals surface area contributed by atoms with Crippen molar-refractivity contribution in [2.24, 2.45) is 0 Å². The van der Waals surface area contributed by atoms with Crippen molar-refractivity contribution >= 4 is 17.3 Å². The summed E-state index contributed by atoms with van der Waals surface area (Å²) >= 11 is 0. The third-order valence-corrected chi connectivity index (χ3v) is 2.66. The van der Waals surface area contributed by atoms with E-state index in [0.717, 1.165) is 12.1 Å². The second kappa shape index (κ2) is 8.71. The number of nitriles is 2. The van der Waals surface area contributed by atoms with Gasteiger partial charge in [-0.3, -0.25) is 4.79 Å². The molecule has 0 aliphatic carbocycles. The Balaban J connectivity index is 0.000000254. The van der Waals surface area contributed by atoms with Crippen LogP contribution in [0.3, 0.4) is 0 Å². The lowest BCUT2D eigenvalue weighted by atomic mass is 10.2. The normalized spacial score (nSPS) is 9.00. The fraction of sp³-hybridized carbons (Fsp3) is 0.0625. The molecule has 0 saturated heterocycles. The summed E-state index contributed by atoms with van der Waals surface area (Å²) in [6.07, 6.45) is 0. The minimum atomic E-state index is -1.08. The van der Waals surface area contributed by atoms with Gasteiger partial charge in [-0.15, -0.1) is 0 Å². The second-order valence-electron chi connectivity index (χ2n) is 4.40. The fourth-order valence-electron chi connectivity index (χ4n) is 1.50. The summed E-state index contributed by atoms with van der Waals surface area (Å²) in [6.45, 7) is -0.358. The number of anilines is 2. The van der Waals surface area contributed by atoms with E-state index in [0.29, 0.717) is 0 Å². The van der Waals surface area contributed by atoms with Crippen LogP contribution in [0.2, 0.25) is 0 Å². The highest BCUT2D eigenvalue weighted by atomic mass is 19.1. The van der Waals surface area contributed by atoms with E-state index < -0.39 is 17.6 Å². The molecule has 24 heavy (non-hydrogen) atoms.